The van der Waals surface area contributed by atoms with Crippen LogP contribution in [0, 0.1) is 0 Å². The number of esters is 1. The fourth-order valence-electron chi connectivity index (χ4n) is 3.63. The third-order valence-corrected chi connectivity index (χ3v) is 5.29. The van der Waals surface area contributed by atoms with Crippen LogP contribution in [0.4, 0.5) is 5.82 Å². The predicted octanol–water partition coefficient (Wildman–Crippen LogP) is 2.02. The molecule has 3 heterocycles. The molecule has 0 bridgehead atoms. The SMILES string of the molecule is O=C(Nc1ccn([C@@H]2O[C@H](COC(=O)c3ccccc3)[C@@H]3O[C@@H]32)c(=O)n1)c1ccccc1. The van der Waals surface area contributed by atoms with Gasteiger partial charge >= 0.3 is 11.7 Å². The van der Waals surface area contributed by atoms with Crippen molar-refractivity contribution < 1.29 is 23.8 Å². The number of nitrogens with one attached hydrogen (secondary N) is 1. The first-order valence-corrected chi connectivity index (χ1v) is 10.1. The number of benzene rings is 2. The summed E-state index contributed by atoms with van der Waals surface area (Å²) in [5.41, 5.74) is 0.320. The van der Waals surface area contributed by atoms with Crippen molar-refractivity contribution in [2.75, 3.05) is 11.9 Å². The fraction of sp³-hybridized carbons (Fsp3) is 0.217. The molecule has 162 valence electrons. The van der Waals surface area contributed by atoms with E-state index in [-0.39, 0.29) is 30.5 Å². The number of ether oxygens (including phenoxy) is 3. The summed E-state index contributed by atoms with van der Waals surface area (Å²) in [6, 6.07) is 18.8. The van der Waals surface area contributed by atoms with E-state index in [1.807, 2.05) is 6.07 Å². The molecule has 0 aliphatic carbocycles. The molecule has 2 aliphatic rings. The highest BCUT2D eigenvalue weighted by Gasteiger charge is 2.59. The van der Waals surface area contributed by atoms with E-state index in [0.717, 1.165) is 0 Å². The summed E-state index contributed by atoms with van der Waals surface area (Å²) in [6.07, 6.45) is -0.244. The van der Waals surface area contributed by atoms with E-state index in [2.05, 4.69) is 10.3 Å². The molecule has 0 unspecified atom stereocenters. The van der Waals surface area contributed by atoms with Crippen LogP contribution in [0.5, 0.6) is 0 Å². The van der Waals surface area contributed by atoms with Crippen LogP contribution in [-0.4, -0.2) is 46.3 Å². The number of hydrogen-bond donors (Lipinski definition) is 1. The first-order chi connectivity index (χ1) is 15.6. The van der Waals surface area contributed by atoms with Crippen LogP contribution in [-0.2, 0) is 14.2 Å². The largest absolute Gasteiger partial charge is 0.459 e. The molecule has 0 saturated carbocycles. The number of carbonyl (C=O) groups excluding carboxylic acids is 2. The third-order valence-electron chi connectivity index (χ3n) is 5.29. The lowest BCUT2D eigenvalue weighted by Gasteiger charge is -2.19. The molecule has 0 spiro atoms. The average molecular weight is 433 g/mol. The highest BCUT2D eigenvalue weighted by atomic mass is 16.7. The van der Waals surface area contributed by atoms with Gasteiger partial charge < -0.3 is 19.5 Å². The molecule has 5 rings (SSSR count). The summed E-state index contributed by atoms with van der Waals surface area (Å²) in [5.74, 6) is -0.676. The Hall–Kier alpha value is -3.82. The topological polar surface area (TPSA) is 112 Å². The number of nitrogens with zero attached hydrogens (tertiary/aromatic N) is 2. The zero-order valence-electron chi connectivity index (χ0n) is 16.8. The van der Waals surface area contributed by atoms with Gasteiger partial charge in [0, 0.05) is 11.8 Å². The number of fused-ring (bicyclic) bond motifs is 1. The summed E-state index contributed by atoms with van der Waals surface area (Å²) >= 11 is 0. The van der Waals surface area contributed by atoms with Crippen LogP contribution < -0.4 is 11.0 Å². The van der Waals surface area contributed by atoms with Gasteiger partial charge in [0.05, 0.1) is 5.56 Å². The third kappa shape index (κ3) is 4.03. The molecule has 2 fully saturated rings. The summed E-state index contributed by atoms with van der Waals surface area (Å²) in [5, 5.41) is 2.60. The van der Waals surface area contributed by atoms with E-state index >= 15 is 0 Å². The van der Waals surface area contributed by atoms with Crippen molar-refractivity contribution in [2.24, 2.45) is 0 Å². The van der Waals surface area contributed by atoms with E-state index in [4.69, 9.17) is 14.2 Å². The number of aromatic nitrogens is 2. The number of anilines is 1. The number of epoxide rings is 1. The number of amides is 1. The molecular formula is C23H19N3O6. The number of carbonyl (C=O) groups is 2. The van der Waals surface area contributed by atoms with Gasteiger partial charge in [-0.2, -0.15) is 4.98 Å². The average Bonchev–Trinajstić information content (AvgIpc) is 3.54. The minimum Gasteiger partial charge on any atom is -0.459 e. The minimum absolute atomic E-state index is 0.0127. The van der Waals surface area contributed by atoms with Crippen molar-refractivity contribution in [1.29, 1.82) is 0 Å². The summed E-state index contributed by atoms with van der Waals surface area (Å²) < 4.78 is 18.1. The van der Waals surface area contributed by atoms with E-state index in [1.54, 1.807) is 54.6 Å². The van der Waals surface area contributed by atoms with Crippen LogP contribution in [0.2, 0.25) is 0 Å². The van der Waals surface area contributed by atoms with Gasteiger partial charge in [0.2, 0.25) is 0 Å². The van der Waals surface area contributed by atoms with Crippen LogP contribution >= 0.6 is 0 Å². The molecule has 9 heteroatoms. The van der Waals surface area contributed by atoms with Gasteiger partial charge in [-0.25, -0.2) is 9.59 Å². The normalized spacial score (nSPS) is 23.2. The predicted molar refractivity (Wildman–Crippen MR) is 112 cm³/mol. The highest BCUT2D eigenvalue weighted by molar-refractivity contribution is 6.03. The van der Waals surface area contributed by atoms with Gasteiger partial charge in [0.1, 0.15) is 30.7 Å². The molecule has 1 N–H and O–H groups in total. The Morgan fingerprint density at radius 3 is 2.31 bits per heavy atom. The number of rotatable bonds is 6. The molecule has 2 aliphatic heterocycles. The minimum atomic E-state index is -0.681. The second kappa shape index (κ2) is 8.37. The maximum atomic E-state index is 12.5. The van der Waals surface area contributed by atoms with E-state index in [0.29, 0.717) is 11.1 Å². The van der Waals surface area contributed by atoms with Gasteiger partial charge in [-0.1, -0.05) is 36.4 Å². The Bertz CT molecular complexity index is 1200. The second-order valence-electron chi connectivity index (χ2n) is 7.42. The molecule has 0 radical (unpaired) electrons. The van der Waals surface area contributed by atoms with Crippen molar-refractivity contribution >= 4 is 17.7 Å². The molecule has 9 nitrogen and oxygen atoms in total. The molecule has 2 saturated heterocycles. The molecule has 2 aromatic carbocycles. The Kier molecular flexibility index (Phi) is 5.26. The molecule has 32 heavy (non-hydrogen) atoms. The quantitative estimate of drug-likeness (QED) is 0.467. The maximum absolute atomic E-state index is 12.5. The Balaban J connectivity index is 1.22. The first kappa shape index (κ1) is 20.1. The van der Waals surface area contributed by atoms with Crippen molar-refractivity contribution in [2.45, 2.75) is 24.5 Å². The Labute approximate surface area is 182 Å². The van der Waals surface area contributed by atoms with E-state index in [9.17, 15) is 14.4 Å². The molecule has 3 aromatic rings. The second-order valence-corrected chi connectivity index (χ2v) is 7.42. The van der Waals surface area contributed by atoms with Gasteiger partial charge in [-0.15, -0.1) is 0 Å². The van der Waals surface area contributed by atoms with Crippen molar-refractivity contribution in [3.8, 4) is 0 Å². The first-order valence-electron chi connectivity index (χ1n) is 10.1. The van der Waals surface area contributed by atoms with Gasteiger partial charge in [0.15, 0.2) is 6.23 Å². The van der Waals surface area contributed by atoms with Crippen LogP contribution in [0.3, 0.4) is 0 Å². The Morgan fingerprint density at radius 1 is 0.938 bits per heavy atom. The van der Waals surface area contributed by atoms with Crippen LogP contribution in [0.25, 0.3) is 0 Å². The van der Waals surface area contributed by atoms with Crippen molar-refractivity contribution in [3.05, 3.63) is 94.5 Å². The maximum Gasteiger partial charge on any atom is 0.351 e. The van der Waals surface area contributed by atoms with E-state index in [1.165, 1.54) is 16.8 Å². The molecule has 4 atom stereocenters. The van der Waals surface area contributed by atoms with Crippen LogP contribution in [0.15, 0.2) is 77.7 Å². The molecular weight excluding hydrogens is 414 g/mol. The van der Waals surface area contributed by atoms with Crippen molar-refractivity contribution in [1.82, 2.24) is 9.55 Å². The van der Waals surface area contributed by atoms with Crippen molar-refractivity contribution in [3.63, 3.8) is 0 Å². The standard InChI is InChI=1S/C23H19N3O6/c27-20(14-7-3-1-4-8-14)24-17-11-12-26(23(29)25-17)21-19-18(32-19)16(31-21)13-30-22(28)15-9-5-2-6-10-15/h1-12,16,18-19,21H,13H2,(H,24,25,27,29)/t16-,18+,19+,21-/m1/s1. The lowest BCUT2D eigenvalue weighted by atomic mass is 10.2. The van der Waals surface area contributed by atoms with Crippen LogP contribution in [0.1, 0.15) is 26.9 Å². The Morgan fingerprint density at radius 2 is 1.62 bits per heavy atom. The zero-order valence-corrected chi connectivity index (χ0v) is 16.8. The monoisotopic (exact) mass is 433 g/mol. The lowest BCUT2D eigenvalue weighted by Crippen LogP contribution is -2.32. The van der Waals surface area contributed by atoms with E-state index < -0.39 is 24.0 Å². The fourth-order valence-corrected chi connectivity index (χ4v) is 3.63. The smallest absolute Gasteiger partial charge is 0.351 e. The lowest BCUT2D eigenvalue weighted by molar-refractivity contribution is -0.0886. The molecule has 1 amide bonds. The summed E-state index contributed by atoms with van der Waals surface area (Å²) in [6.45, 7) is 0.0127. The summed E-state index contributed by atoms with van der Waals surface area (Å²) in [4.78, 5) is 40.9. The van der Waals surface area contributed by atoms with Gasteiger partial charge in [0.25, 0.3) is 5.91 Å². The number of hydrogen-bond acceptors (Lipinski definition) is 7. The summed E-state index contributed by atoms with van der Waals surface area (Å²) in [7, 11) is 0. The highest BCUT2D eigenvalue weighted by Crippen LogP contribution is 2.44. The molecule has 1 aromatic heterocycles. The van der Waals surface area contributed by atoms with Gasteiger partial charge in [-0.05, 0) is 30.3 Å². The van der Waals surface area contributed by atoms with Gasteiger partial charge in [-0.3, -0.25) is 9.36 Å². The zero-order chi connectivity index (χ0) is 22.1.